The average Bonchev–Trinajstić information content (AvgIpc) is 2.86. The van der Waals surface area contributed by atoms with E-state index in [1.54, 1.807) is 0 Å². The summed E-state index contributed by atoms with van der Waals surface area (Å²) in [5.74, 6) is 0.916. The molecule has 0 aromatic heterocycles. The highest BCUT2D eigenvalue weighted by Crippen LogP contribution is 2.29. The SMILES string of the molecule is CCNC1CCCC1CCS(=O)(=O)C1CCOCC1. The van der Waals surface area contributed by atoms with E-state index in [9.17, 15) is 8.42 Å². The zero-order valence-corrected chi connectivity index (χ0v) is 12.8. The molecule has 2 fully saturated rings. The molecule has 4 nitrogen and oxygen atoms in total. The molecule has 0 aromatic rings. The smallest absolute Gasteiger partial charge is 0.153 e. The van der Waals surface area contributed by atoms with Crippen LogP contribution in [0.5, 0.6) is 0 Å². The summed E-state index contributed by atoms with van der Waals surface area (Å²) in [6.07, 6.45) is 5.82. The first-order valence-electron chi connectivity index (χ1n) is 7.66. The van der Waals surface area contributed by atoms with Gasteiger partial charge in [0.15, 0.2) is 9.84 Å². The first-order valence-corrected chi connectivity index (χ1v) is 9.37. The monoisotopic (exact) mass is 289 g/mol. The predicted octanol–water partition coefficient (Wildman–Crippen LogP) is 1.75. The van der Waals surface area contributed by atoms with E-state index in [0.29, 0.717) is 43.8 Å². The lowest BCUT2D eigenvalue weighted by Crippen LogP contribution is -2.35. The molecular formula is C14H27NO3S. The molecule has 0 amide bonds. The molecule has 19 heavy (non-hydrogen) atoms. The molecule has 0 aromatic carbocycles. The molecule has 2 atom stereocenters. The quantitative estimate of drug-likeness (QED) is 0.809. The topological polar surface area (TPSA) is 55.4 Å². The molecule has 0 spiro atoms. The van der Waals surface area contributed by atoms with E-state index >= 15 is 0 Å². The first-order chi connectivity index (χ1) is 9.13. The van der Waals surface area contributed by atoms with Crippen LogP contribution in [0.15, 0.2) is 0 Å². The van der Waals surface area contributed by atoms with Crippen LogP contribution in [0.1, 0.15) is 45.4 Å². The number of sulfone groups is 1. The third-order valence-corrected chi connectivity index (χ3v) is 6.87. The number of rotatable bonds is 6. The second-order valence-electron chi connectivity index (χ2n) is 5.82. The van der Waals surface area contributed by atoms with E-state index in [4.69, 9.17) is 4.74 Å². The van der Waals surface area contributed by atoms with Crippen molar-refractivity contribution in [1.29, 1.82) is 0 Å². The van der Waals surface area contributed by atoms with Gasteiger partial charge in [-0.3, -0.25) is 0 Å². The Morgan fingerprint density at radius 2 is 1.89 bits per heavy atom. The summed E-state index contributed by atoms with van der Waals surface area (Å²) in [6.45, 7) is 4.31. The van der Waals surface area contributed by atoms with Crippen LogP contribution in [0, 0.1) is 5.92 Å². The Morgan fingerprint density at radius 3 is 2.58 bits per heavy atom. The second kappa shape index (κ2) is 7.04. The van der Waals surface area contributed by atoms with Crippen LogP contribution in [0.3, 0.4) is 0 Å². The molecule has 2 unspecified atom stereocenters. The Balaban J connectivity index is 1.83. The standard InChI is InChI=1S/C14H27NO3S/c1-2-15-14-5-3-4-12(14)8-11-19(16,17)13-6-9-18-10-7-13/h12-15H,2-11H2,1H3. The van der Waals surface area contributed by atoms with E-state index in [2.05, 4.69) is 12.2 Å². The third kappa shape index (κ3) is 4.17. The van der Waals surface area contributed by atoms with Gasteiger partial charge in [-0.15, -0.1) is 0 Å². The maximum atomic E-state index is 12.3. The van der Waals surface area contributed by atoms with Crippen LogP contribution < -0.4 is 5.32 Å². The van der Waals surface area contributed by atoms with Gasteiger partial charge >= 0.3 is 0 Å². The van der Waals surface area contributed by atoms with Crippen molar-refractivity contribution in [2.75, 3.05) is 25.5 Å². The molecule has 2 rings (SSSR count). The van der Waals surface area contributed by atoms with Gasteiger partial charge in [0.2, 0.25) is 0 Å². The van der Waals surface area contributed by atoms with Crippen LogP contribution in [-0.2, 0) is 14.6 Å². The highest BCUT2D eigenvalue weighted by Gasteiger charge is 2.31. The van der Waals surface area contributed by atoms with Gasteiger partial charge in [0.1, 0.15) is 0 Å². The van der Waals surface area contributed by atoms with Crippen molar-refractivity contribution < 1.29 is 13.2 Å². The lowest BCUT2D eigenvalue weighted by molar-refractivity contribution is 0.0983. The molecular weight excluding hydrogens is 262 g/mol. The summed E-state index contributed by atoms with van der Waals surface area (Å²) in [6, 6.07) is 0.537. The van der Waals surface area contributed by atoms with E-state index in [1.807, 2.05) is 0 Å². The average molecular weight is 289 g/mol. The highest BCUT2D eigenvalue weighted by molar-refractivity contribution is 7.92. The van der Waals surface area contributed by atoms with Gasteiger partial charge in [0.25, 0.3) is 0 Å². The van der Waals surface area contributed by atoms with Gasteiger partial charge in [-0.25, -0.2) is 8.42 Å². The maximum absolute atomic E-state index is 12.3. The third-order valence-electron chi connectivity index (χ3n) is 4.57. The molecule has 1 saturated heterocycles. The Labute approximate surface area is 117 Å². The fraction of sp³-hybridized carbons (Fsp3) is 1.00. The lowest BCUT2D eigenvalue weighted by Gasteiger charge is -2.24. The van der Waals surface area contributed by atoms with Crippen LogP contribution in [0.2, 0.25) is 0 Å². The molecule has 1 saturated carbocycles. The normalized spacial score (nSPS) is 29.7. The number of hydrogen-bond donors (Lipinski definition) is 1. The van der Waals surface area contributed by atoms with Gasteiger partial charge < -0.3 is 10.1 Å². The maximum Gasteiger partial charge on any atom is 0.153 e. The summed E-state index contributed by atoms with van der Waals surface area (Å²) >= 11 is 0. The van der Waals surface area contributed by atoms with Crippen LogP contribution in [0.4, 0.5) is 0 Å². The zero-order chi connectivity index (χ0) is 13.7. The molecule has 0 radical (unpaired) electrons. The molecule has 0 bridgehead atoms. The summed E-state index contributed by atoms with van der Waals surface area (Å²) in [5.41, 5.74) is 0. The minimum absolute atomic E-state index is 0.153. The Bertz CT molecular complexity index is 363. The molecule has 112 valence electrons. The van der Waals surface area contributed by atoms with Crippen LogP contribution in [-0.4, -0.2) is 45.2 Å². The number of nitrogens with one attached hydrogen (secondary N) is 1. The van der Waals surface area contributed by atoms with Crippen molar-refractivity contribution >= 4 is 9.84 Å². The van der Waals surface area contributed by atoms with Crippen molar-refractivity contribution in [2.45, 2.75) is 56.7 Å². The second-order valence-corrected chi connectivity index (χ2v) is 8.22. The molecule has 5 heteroatoms. The van der Waals surface area contributed by atoms with Crippen molar-refractivity contribution in [2.24, 2.45) is 5.92 Å². The minimum Gasteiger partial charge on any atom is -0.381 e. The van der Waals surface area contributed by atoms with Crippen molar-refractivity contribution in [3.05, 3.63) is 0 Å². The fourth-order valence-corrected chi connectivity index (χ4v) is 5.31. The summed E-state index contributed by atoms with van der Waals surface area (Å²) in [4.78, 5) is 0. The van der Waals surface area contributed by atoms with Crippen molar-refractivity contribution in [3.8, 4) is 0 Å². The van der Waals surface area contributed by atoms with E-state index < -0.39 is 9.84 Å². The zero-order valence-electron chi connectivity index (χ0n) is 11.9. The largest absolute Gasteiger partial charge is 0.381 e. The molecule has 1 heterocycles. The minimum atomic E-state index is -2.92. The Kier molecular flexibility index (Phi) is 5.66. The number of ether oxygens (including phenoxy) is 1. The summed E-state index contributed by atoms with van der Waals surface area (Å²) in [7, 11) is -2.92. The van der Waals surface area contributed by atoms with Gasteiger partial charge in [0, 0.05) is 19.3 Å². The van der Waals surface area contributed by atoms with E-state index in [0.717, 1.165) is 13.0 Å². The van der Waals surface area contributed by atoms with Crippen molar-refractivity contribution in [3.63, 3.8) is 0 Å². The van der Waals surface area contributed by atoms with E-state index in [-0.39, 0.29) is 5.25 Å². The Hall–Kier alpha value is -0.130. The molecule has 1 aliphatic carbocycles. The van der Waals surface area contributed by atoms with Gasteiger partial charge in [-0.05, 0) is 44.6 Å². The van der Waals surface area contributed by atoms with Crippen LogP contribution in [0.25, 0.3) is 0 Å². The molecule has 2 aliphatic rings. The summed E-state index contributed by atoms with van der Waals surface area (Å²) in [5, 5.41) is 3.34. The molecule has 1 N–H and O–H groups in total. The van der Waals surface area contributed by atoms with Gasteiger partial charge in [0.05, 0.1) is 11.0 Å². The van der Waals surface area contributed by atoms with Gasteiger partial charge in [-0.2, -0.15) is 0 Å². The van der Waals surface area contributed by atoms with Gasteiger partial charge in [-0.1, -0.05) is 13.3 Å². The highest BCUT2D eigenvalue weighted by atomic mass is 32.2. The first kappa shape index (κ1) is 15.3. The predicted molar refractivity (Wildman–Crippen MR) is 77.1 cm³/mol. The van der Waals surface area contributed by atoms with Crippen LogP contribution >= 0.6 is 0 Å². The fourth-order valence-electron chi connectivity index (χ4n) is 3.43. The lowest BCUT2D eigenvalue weighted by atomic mass is 10.0. The molecule has 1 aliphatic heterocycles. The number of hydrogen-bond acceptors (Lipinski definition) is 4. The summed E-state index contributed by atoms with van der Waals surface area (Å²) < 4.78 is 29.9. The van der Waals surface area contributed by atoms with Crippen molar-refractivity contribution in [1.82, 2.24) is 5.32 Å². The Morgan fingerprint density at radius 1 is 1.16 bits per heavy atom. The van der Waals surface area contributed by atoms with E-state index in [1.165, 1.54) is 19.3 Å².